The molecule has 0 aliphatic rings. The summed E-state index contributed by atoms with van der Waals surface area (Å²) in [4.78, 5) is 29.5. The SMILES string of the molecule is CCC(C(=O)O)n1/c(=N/C(=O)c2ccc(C)cc2)sc2ccc(NS(=O)(=O)c3ccccc3)cc21. The van der Waals surface area contributed by atoms with Crippen molar-refractivity contribution in [3.8, 4) is 0 Å². The highest BCUT2D eigenvalue weighted by Gasteiger charge is 2.23. The molecule has 0 aliphatic carbocycles. The van der Waals surface area contributed by atoms with Crippen LogP contribution in [0.15, 0.2) is 82.7 Å². The summed E-state index contributed by atoms with van der Waals surface area (Å²) >= 11 is 1.17. The minimum Gasteiger partial charge on any atom is -0.480 e. The Morgan fingerprint density at radius 1 is 1.06 bits per heavy atom. The maximum atomic E-state index is 12.8. The third-order valence-corrected chi connectivity index (χ3v) is 7.84. The van der Waals surface area contributed by atoms with Gasteiger partial charge >= 0.3 is 5.97 Å². The molecule has 35 heavy (non-hydrogen) atoms. The number of carbonyl (C=O) groups excluding carboxylic acids is 1. The number of aliphatic carboxylic acids is 1. The van der Waals surface area contributed by atoms with Crippen molar-refractivity contribution in [2.24, 2.45) is 4.99 Å². The average Bonchev–Trinajstić information content (AvgIpc) is 3.17. The van der Waals surface area contributed by atoms with E-state index in [2.05, 4.69) is 9.71 Å². The molecule has 0 aliphatic heterocycles. The smallest absolute Gasteiger partial charge is 0.326 e. The van der Waals surface area contributed by atoms with E-state index in [1.807, 2.05) is 6.92 Å². The van der Waals surface area contributed by atoms with Crippen LogP contribution in [0.4, 0.5) is 5.69 Å². The van der Waals surface area contributed by atoms with E-state index >= 15 is 0 Å². The standard InChI is InChI=1S/C25H23N3O5S2/c1-3-20(24(30)31)28-21-15-18(27-35(32,33)19-7-5-4-6-8-19)13-14-22(21)34-25(28)26-23(29)17-11-9-16(2)10-12-17/h4-15,20,27H,3H2,1-2H3,(H,30,31)/b26-25-. The summed E-state index contributed by atoms with van der Waals surface area (Å²) in [5.74, 6) is -1.57. The van der Waals surface area contributed by atoms with Crippen molar-refractivity contribution < 1.29 is 23.1 Å². The molecule has 0 saturated heterocycles. The molecule has 4 aromatic rings. The highest BCUT2D eigenvalue weighted by molar-refractivity contribution is 7.92. The molecule has 8 nitrogen and oxygen atoms in total. The van der Waals surface area contributed by atoms with Crippen LogP contribution in [0.2, 0.25) is 0 Å². The number of carboxylic acid groups (broad SMARTS) is 1. The van der Waals surface area contributed by atoms with Crippen LogP contribution in [0.3, 0.4) is 0 Å². The summed E-state index contributed by atoms with van der Waals surface area (Å²) in [6, 6.07) is 18.7. The van der Waals surface area contributed by atoms with Gasteiger partial charge in [-0.25, -0.2) is 13.2 Å². The van der Waals surface area contributed by atoms with Gasteiger partial charge in [0.1, 0.15) is 6.04 Å². The number of nitrogens with one attached hydrogen (secondary N) is 1. The summed E-state index contributed by atoms with van der Waals surface area (Å²) in [5, 5.41) is 9.86. The van der Waals surface area contributed by atoms with Crippen molar-refractivity contribution >= 4 is 49.1 Å². The number of thiazole rings is 1. The summed E-state index contributed by atoms with van der Waals surface area (Å²) < 4.78 is 30.2. The van der Waals surface area contributed by atoms with E-state index in [0.29, 0.717) is 15.8 Å². The highest BCUT2D eigenvalue weighted by atomic mass is 32.2. The largest absolute Gasteiger partial charge is 0.480 e. The first-order chi connectivity index (χ1) is 16.7. The lowest BCUT2D eigenvalue weighted by Crippen LogP contribution is -2.27. The first-order valence-corrected chi connectivity index (χ1v) is 13.1. The Balaban J connectivity index is 1.84. The third-order valence-electron chi connectivity index (χ3n) is 5.41. The Morgan fingerprint density at radius 3 is 2.37 bits per heavy atom. The number of nitrogens with zero attached hydrogens (tertiary/aromatic N) is 2. The maximum absolute atomic E-state index is 12.8. The molecule has 2 N–H and O–H groups in total. The van der Waals surface area contributed by atoms with E-state index < -0.39 is 27.9 Å². The molecule has 0 radical (unpaired) electrons. The van der Waals surface area contributed by atoms with Gasteiger partial charge in [0.25, 0.3) is 15.9 Å². The van der Waals surface area contributed by atoms with Gasteiger partial charge in [-0.2, -0.15) is 4.99 Å². The number of hydrogen-bond donors (Lipinski definition) is 2. The van der Waals surface area contributed by atoms with Crippen LogP contribution < -0.4 is 9.52 Å². The number of aryl methyl sites for hydroxylation is 1. The van der Waals surface area contributed by atoms with Gasteiger partial charge in [-0.3, -0.25) is 9.52 Å². The van der Waals surface area contributed by atoms with E-state index in [4.69, 9.17) is 0 Å². The molecule has 0 bridgehead atoms. The molecule has 1 aromatic heterocycles. The molecule has 0 spiro atoms. The Kier molecular flexibility index (Phi) is 6.86. The molecule has 0 fully saturated rings. The normalized spacial score (nSPS) is 13.0. The van der Waals surface area contributed by atoms with Crippen molar-refractivity contribution in [2.75, 3.05) is 4.72 Å². The van der Waals surface area contributed by atoms with E-state index in [9.17, 15) is 23.1 Å². The minimum atomic E-state index is -3.84. The molecule has 1 amide bonds. The van der Waals surface area contributed by atoms with Crippen LogP contribution in [-0.2, 0) is 14.8 Å². The molecule has 10 heteroatoms. The number of carboxylic acids is 1. The van der Waals surface area contributed by atoms with Crippen LogP contribution in [-0.4, -0.2) is 30.0 Å². The lowest BCUT2D eigenvalue weighted by Gasteiger charge is -2.14. The van der Waals surface area contributed by atoms with Gasteiger partial charge < -0.3 is 9.67 Å². The second kappa shape index (κ2) is 9.85. The fraction of sp³-hybridized carbons (Fsp3) is 0.160. The van der Waals surface area contributed by atoms with Crippen LogP contribution in [0.25, 0.3) is 10.2 Å². The molecule has 180 valence electrons. The molecule has 1 unspecified atom stereocenters. The second-order valence-electron chi connectivity index (χ2n) is 7.90. The number of anilines is 1. The van der Waals surface area contributed by atoms with E-state index in [1.54, 1.807) is 67.6 Å². The predicted octanol–water partition coefficient (Wildman–Crippen LogP) is 4.59. The van der Waals surface area contributed by atoms with Crippen LogP contribution >= 0.6 is 11.3 Å². The average molecular weight is 510 g/mol. The second-order valence-corrected chi connectivity index (χ2v) is 10.6. The molecular weight excluding hydrogens is 486 g/mol. The minimum absolute atomic E-state index is 0.106. The fourth-order valence-electron chi connectivity index (χ4n) is 3.61. The first kappa shape index (κ1) is 24.4. The molecule has 0 saturated carbocycles. The van der Waals surface area contributed by atoms with Gasteiger partial charge in [0.15, 0.2) is 4.80 Å². The van der Waals surface area contributed by atoms with E-state index in [1.165, 1.54) is 28.0 Å². The van der Waals surface area contributed by atoms with Crippen molar-refractivity contribution in [3.05, 3.63) is 88.7 Å². The zero-order valence-corrected chi connectivity index (χ0v) is 20.6. The Bertz CT molecular complexity index is 1570. The molecule has 3 aromatic carbocycles. The Labute approximate surface area is 206 Å². The Hall–Kier alpha value is -3.76. The van der Waals surface area contributed by atoms with Crippen LogP contribution in [0.5, 0.6) is 0 Å². The van der Waals surface area contributed by atoms with E-state index in [0.717, 1.165) is 5.56 Å². The number of carbonyl (C=O) groups is 2. The predicted molar refractivity (Wildman–Crippen MR) is 135 cm³/mol. The van der Waals surface area contributed by atoms with Gasteiger partial charge in [-0.15, -0.1) is 0 Å². The molecular formula is C25H23N3O5S2. The monoisotopic (exact) mass is 509 g/mol. The van der Waals surface area contributed by atoms with E-state index in [-0.39, 0.29) is 21.8 Å². The molecule has 4 rings (SSSR count). The summed E-state index contributed by atoms with van der Waals surface area (Å²) in [7, 11) is -3.84. The zero-order valence-electron chi connectivity index (χ0n) is 19.0. The number of amides is 1. The Morgan fingerprint density at radius 2 is 1.74 bits per heavy atom. The number of fused-ring (bicyclic) bond motifs is 1. The van der Waals surface area contributed by atoms with Crippen LogP contribution in [0.1, 0.15) is 35.3 Å². The number of rotatable bonds is 7. The fourth-order valence-corrected chi connectivity index (χ4v) is 5.73. The van der Waals surface area contributed by atoms with Gasteiger partial charge in [0.05, 0.1) is 20.8 Å². The summed E-state index contributed by atoms with van der Waals surface area (Å²) in [5.41, 5.74) is 2.12. The van der Waals surface area contributed by atoms with Crippen molar-refractivity contribution in [1.82, 2.24) is 4.57 Å². The van der Waals surface area contributed by atoms with Crippen LogP contribution in [0, 0.1) is 6.92 Å². The van der Waals surface area contributed by atoms with Gasteiger partial charge in [-0.05, 0) is 55.8 Å². The van der Waals surface area contributed by atoms with Crippen molar-refractivity contribution in [2.45, 2.75) is 31.2 Å². The number of aromatic nitrogens is 1. The zero-order chi connectivity index (χ0) is 25.2. The summed E-state index contributed by atoms with van der Waals surface area (Å²) in [6.07, 6.45) is 0.243. The first-order valence-electron chi connectivity index (χ1n) is 10.8. The van der Waals surface area contributed by atoms with Crippen molar-refractivity contribution in [1.29, 1.82) is 0 Å². The number of hydrogen-bond acceptors (Lipinski definition) is 5. The van der Waals surface area contributed by atoms with Crippen molar-refractivity contribution in [3.63, 3.8) is 0 Å². The quantitative estimate of drug-likeness (QED) is 0.378. The number of sulfonamides is 1. The van der Waals surface area contributed by atoms with Gasteiger partial charge in [-0.1, -0.05) is 54.2 Å². The maximum Gasteiger partial charge on any atom is 0.326 e. The van der Waals surface area contributed by atoms with Gasteiger partial charge in [0.2, 0.25) is 0 Å². The number of benzene rings is 3. The molecule has 1 atom stereocenters. The highest BCUT2D eigenvalue weighted by Crippen LogP contribution is 2.27. The lowest BCUT2D eigenvalue weighted by molar-refractivity contribution is -0.140. The summed E-state index contributed by atoms with van der Waals surface area (Å²) in [6.45, 7) is 3.64. The topological polar surface area (TPSA) is 118 Å². The third kappa shape index (κ3) is 5.18. The lowest BCUT2D eigenvalue weighted by atomic mass is 10.1. The molecule has 1 heterocycles. The van der Waals surface area contributed by atoms with Gasteiger partial charge in [0, 0.05) is 5.56 Å².